The van der Waals surface area contributed by atoms with E-state index in [2.05, 4.69) is 22.3 Å². The molecule has 1 saturated heterocycles. The van der Waals surface area contributed by atoms with Crippen molar-refractivity contribution in [3.8, 4) is 0 Å². The minimum Gasteiger partial charge on any atom is -0.392 e. The molecule has 1 heterocycles. The number of piperidine rings is 1. The van der Waals surface area contributed by atoms with E-state index in [0.717, 1.165) is 12.1 Å². The second-order valence-electron chi connectivity index (χ2n) is 4.81. The third-order valence-corrected chi connectivity index (χ3v) is 3.61. The van der Waals surface area contributed by atoms with Gasteiger partial charge in [0.05, 0.1) is 6.61 Å². The number of hydrogen-bond acceptors (Lipinski definition) is 3. The molecule has 0 unspecified atom stereocenters. The van der Waals surface area contributed by atoms with Gasteiger partial charge < -0.3 is 10.4 Å². The minimum atomic E-state index is 0.133. The second kappa shape index (κ2) is 6.15. The fourth-order valence-corrected chi connectivity index (χ4v) is 2.39. The van der Waals surface area contributed by atoms with Crippen molar-refractivity contribution in [3.63, 3.8) is 0 Å². The molecule has 0 aromatic heterocycles. The van der Waals surface area contributed by atoms with Crippen molar-refractivity contribution in [1.29, 1.82) is 0 Å². The summed E-state index contributed by atoms with van der Waals surface area (Å²) in [6.07, 6.45) is 2.48. The van der Waals surface area contributed by atoms with Crippen molar-refractivity contribution in [3.05, 3.63) is 35.4 Å². The van der Waals surface area contributed by atoms with Crippen LogP contribution >= 0.6 is 0 Å². The van der Waals surface area contributed by atoms with Gasteiger partial charge in [-0.1, -0.05) is 24.3 Å². The summed E-state index contributed by atoms with van der Waals surface area (Å²) in [6, 6.07) is 8.96. The SMILES string of the molecule is CNC1CCN(Cc2ccc(CO)cc2)CC1. The molecular weight excluding hydrogens is 212 g/mol. The summed E-state index contributed by atoms with van der Waals surface area (Å²) in [5, 5.41) is 12.3. The Labute approximate surface area is 103 Å². The van der Waals surface area contributed by atoms with Gasteiger partial charge in [0.2, 0.25) is 0 Å². The van der Waals surface area contributed by atoms with E-state index in [9.17, 15) is 0 Å². The largest absolute Gasteiger partial charge is 0.392 e. The molecule has 0 aliphatic carbocycles. The van der Waals surface area contributed by atoms with Gasteiger partial charge in [-0.15, -0.1) is 0 Å². The Morgan fingerprint density at radius 2 is 1.76 bits per heavy atom. The van der Waals surface area contributed by atoms with E-state index in [1.165, 1.54) is 31.5 Å². The van der Waals surface area contributed by atoms with Gasteiger partial charge in [-0.3, -0.25) is 4.90 Å². The maximum absolute atomic E-state index is 8.99. The highest BCUT2D eigenvalue weighted by molar-refractivity contribution is 5.21. The molecular formula is C14H22N2O. The molecule has 0 atom stereocenters. The lowest BCUT2D eigenvalue weighted by atomic mass is 10.0. The number of benzene rings is 1. The second-order valence-corrected chi connectivity index (χ2v) is 4.81. The molecule has 1 fully saturated rings. The van der Waals surface area contributed by atoms with Gasteiger partial charge in [-0.25, -0.2) is 0 Å². The zero-order valence-electron chi connectivity index (χ0n) is 10.5. The van der Waals surface area contributed by atoms with Crippen LogP contribution in [0.25, 0.3) is 0 Å². The average molecular weight is 234 g/mol. The number of rotatable bonds is 4. The van der Waals surface area contributed by atoms with Gasteiger partial charge in [0, 0.05) is 12.6 Å². The Kier molecular flexibility index (Phi) is 4.54. The minimum absolute atomic E-state index is 0.133. The highest BCUT2D eigenvalue weighted by atomic mass is 16.3. The van der Waals surface area contributed by atoms with Crippen LogP contribution in [0.15, 0.2) is 24.3 Å². The molecule has 17 heavy (non-hydrogen) atoms. The first-order valence-corrected chi connectivity index (χ1v) is 6.40. The number of likely N-dealkylation sites (tertiary alicyclic amines) is 1. The summed E-state index contributed by atoms with van der Waals surface area (Å²) in [5.41, 5.74) is 2.33. The summed E-state index contributed by atoms with van der Waals surface area (Å²) in [5.74, 6) is 0. The lowest BCUT2D eigenvalue weighted by Crippen LogP contribution is -2.40. The third-order valence-electron chi connectivity index (χ3n) is 3.61. The monoisotopic (exact) mass is 234 g/mol. The van der Waals surface area contributed by atoms with Crippen LogP contribution in [0.2, 0.25) is 0 Å². The zero-order chi connectivity index (χ0) is 12.1. The average Bonchev–Trinajstić information content (AvgIpc) is 2.40. The number of nitrogens with one attached hydrogen (secondary N) is 1. The summed E-state index contributed by atoms with van der Waals surface area (Å²) < 4.78 is 0. The molecule has 2 N–H and O–H groups in total. The lowest BCUT2D eigenvalue weighted by molar-refractivity contribution is 0.194. The molecule has 3 nitrogen and oxygen atoms in total. The van der Waals surface area contributed by atoms with Gasteiger partial charge in [0.25, 0.3) is 0 Å². The van der Waals surface area contributed by atoms with Crippen molar-refractivity contribution < 1.29 is 5.11 Å². The molecule has 2 rings (SSSR count). The Hall–Kier alpha value is -0.900. The first kappa shape index (κ1) is 12.6. The van der Waals surface area contributed by atoms with Crippen molar-refractivity contribution in [2.75, 3.05) is 20.1 Å². The standard InChI is InChI=1S/C14H22N2O/c1-15-14-6-8-16(9-7-14)10-12-2-4-13(11-17)5-3-12/h2-5,14-15,17H,6-11H2,1H3. The lowest BCUT2D eigenvalue weighted by Gasteiger charge is -2.31. The summed E-state index contributed by atoms with van der Waals surface area (Å²) in [6.45, 7) is 3.51. The van der Waals surface area contributed by atoms with Crippen molar-refractivity contribution >= 4 is 0 Å². The predicted molar refractivity (Wildman–Crippen MR) is 69.7 cm³/mol. The molecule has 1 aromatic carbocycles. The molecule has 1 aliphatic rings. The number of aliphatic hydroxyl groups excluding tert-OH is 1. The summed E-state index contributed by atoms with van der Waals surface area (Å²) >= 11 is 0. The van der Waals surface area contributed by atoms with Crippen LogP contribution in [-0.2, 0) is 13.2 Å². The van der Waals surface area contributed by atoms with Gasteiger partial charge in [-0.05, 0) is 44.1 Å². The molecule has 0 bridgehead atoms. The van der Waals surface area contributed by atoms with Crippen LogP contribution in [0.3, 0.4) is 0 Å². The van der Waals surface area contributed by atoms with E-state index < -0.39 is 0 Å². The van der Waals surface area contributed by atoms with Crippen molar-refractivity contribution in [2.24, 2.45) is 0 Å². The quantitative estimate of drug-likeness (QED) is 0.826. The van der Waals surface area contributed by atoms with Crippen LogP contribution in [0, 0.1) is 0 Å². The van der Waals surface area contributed by atoms with E-state index in [1.807, 2.05) is 19.2 Å². The van der Waals surface area contributed by atoms with Crippen molar-refractivity contribution in [2.45, 2.75) is 32.0 Å². The van der Waals surface area contributed by atoms with E-state index in [-0.39, 0.29) is 6.61 Å². The molecule has 1 aliphatic heterocycles. The van der Waals surface area contributed by atoms with Crippen LogP contribution in [0.4, 0.5) is 0 Å². The Morgan fingerprint density at radius 3 is 2.29 bits per heavy atom. The molecule has 1 aromatic rings. The van der Waals surface area contributed by atoms with Gasteiger partial charge in [0.1, 0.15) is 0 Å². The third kappa shape index (κ3) is 3.53. The maximum Gasteiger partial charge on any atom is 0.0681 e. The van der Waals surface area contributed by atoms with Gasteiger partial charge in [-0.2, -0.15) is 0 Å². The van der Waals surface area contributed by atoms with E-state index in [4.69, 9.17) is 5.11 Å². The molecule has 94 valence electrons. The highest BCUT2D eigenvalue weighted by Crippen LogP contribution is 2.14. The molecule has 0 radical (unpaired) electrons. The molecule has 0 amide bonds. The highest BCUT2D eigenvalue weighted by Gasteiger charge is 2.17. The first-order valence-electron chi connectivity index (χ1n) is 6.40. The Morgan fingerprint density at radius 1 is 1.18 bits per heavy atom. The normalized spacial score (nSPS) is 18.5. The van der Waals surface area contributed by atoms with Crippen LogP contribution in [-0.4, -0.2) is 36.2 Å². The Bertz CT molecular complexity index is 329. The van der Waals surface area contributed by atoms with E-state index in [1.54, 1.807) is 0 Å². The fraction of sp³-hybridized carbons (Fsp3) is 0.571. The van der Waals surface area contributed by atoms with Crippen molar-refractivity contribution in [1.82, 2.24) is 10.2 Å². The number of hydrogen-bond donors (Lipinski definition) is 2. The van der Waals surface area contributed by atoms with E-state index in [0.29, 0.717) is 6.04 Å². The molecule has 0 spiro atoms. The summed E-state index contributed by atoms with van der Waals surface area (Å²) in [7, 11) is 2.05. The van der Waals surface area contributed by atoms with Gasteiger partial charge in [0.15, 0.2) is 0 Å². The van der Waals surface area contributed by atoms with Gasteiger partial charge >= 0.3 is 0 Å². The molecule has 0 saturated carbocycles. The zero-order valence-corrected chi connectivity index (χ0v) is 10.5. The molecule has 3 heteroatoms. The van der Waals surface area contributed by atoms with E-state index >= 15 is 0 Å². The topological polar surface area (TPSA) is 35.5 Å². The number of nitrogens with zero attached hydrogens (tertiary/aromatic N) is 1. The Balaban J connectivity index is 1.84. The van der Waals surface area contributed by atoms with Crippen LogP contribution < -0.4 is 5.32 Å². The van der Waals surface area contributed by atoms with Crippen LogP contribution in [0.5, 0.6) is 0 Å². The number of aliphatic hydroxyl groups is 1. The first-order chi connectivity index (χ1) is 8.31. The predicted octanol–water partition coefficient (Wildman–Crippen LogP) is 1.36. The van der Waals surface area contributed by atoms with Crippen LogP contribution in [0.1, 0.15) is 24.0 Å². The maximum atomic E-state index is 8.99. The summed E-state index contributed by atoms with van der Waals surface area (Å²) in [4.78, 5) is 2.50. The smallest absolute Gasteiger partial charge is 0.0681 e. The fourth-order valence-electron chi connectivity index (χ4n) is 2.39.